The minimum Gasteiger partial charge on any atom is -0.467 e. The third-order valence-corrected chi connectivity index (χ3v) is 3.35. The summed E-state index contributed by atoms with van der Waals surface area (Å²) in [7, 11) is 1.42. The second-order valence-electron chi connectivity index (χ2n) is 5.51. The van der Waals surface area contributed by atoms with E-state index in [1.54, 1.807) is 0 Å². The van der Waals surface area contributed by atoms with Crippen molar-refractivity contribution in [1.29, 1.82) is 0 Å². The van der Waals surface area contributed by atoms with Crippen molar-refractivity contribution in [2.45, 2.75) is 32.7 Å². The van der Waals surface area contributed by atoms with Gasteiger partial charge in [-0.15, -0.1) is 0 Å². The second-order valence-corrected chi connectivity index (χ2v) is 5.51. The van der Waals surface area contributed by atoms with E-state index in [2.05, 4.69) is 19.2 Å². The molecule has 0 aliphatic rings. The highest BCUT2D eigenvalue weighted by molar-refractivity contribution is 5.82. The zero-order valence-electron chi connectivity index (χ0n) is 13.5. The Morgan fingerprint density at radius 3 is 2.48 bits per heavy atom. The van der Waals surface area contributed by atoms with Crippen LogP contribution in [0.15, 0.2) is 30.3 Å². The Bertz CT molecular complexity index is 419. The first-order valence-corrected chi connectivity index (χ1v) is 7.53. The maximum absolute atomic E-state index is 12.4. The molecule has 1 N–H and O–H groups in total. The van der Waals surface area contributed by atoms with Gasteiger partial charge in [0, 0.05) is 19.6 Å². The summed E-state index contributed by atoms with van der Waals surface area (Å²) in [5.41, 5.74) is 0.0636. The van der Waals surface area contributed by atoms with E-state index >= 15 is 0 Å². The Morgan fingerprint density at radius 1 is 1.29 bits per heavy atom. The van der Waals surface area contributed by atoms with Crippen LogP contribution < -0.4 is 5.32 Å². The van der Waals surface area contributed by atoms with Crippen molar-refractivity contribution in [3.05, 3.63) is 35.9 Å². The quantitative estimate of drug-likeness (QED) is 0.562. The predicted octanol–water partition coefficient (Wildman–Crippen LogP) is 2.73. The van der Waals surface area contributed by atoms with Gasteiger partial charge >= 0.3 is 5.97 Å². The number of benzene rings is 1. The molecule has 0 saturated heterocycles. The van der Waals surface area contributed by atoms with E-state index < -0.39 is 5.54 Å². The van der Waals surface area contributed by atoms with Crippen LogP contribution in [0.5, 0.6) is 0 Å². The Labute approximate surface area is 127 Å². The van der Waals surface area contributed by atoms with Gasteiger partial charge in [-0.25, -0.2) is 4.79 Å². The van der Waals surface area contributed by atoms with E-state index in [1.165, 1.54) is 7.11 Å². The molecule has 0 radical (unpaired) electrons. The van der Waals surface area contributed by atoms with Crippen molar-refractivity contribution in [2.24, 2.45) is 5.92 Å². The fourth-order valence-corrected chi connectivity index (χ4v) is 2.37. The van der Waals surface area contributed by atoms with Crippen molar-refractivity contribution >= 4 is 5.97 Å². The molecule has 1 aromatic rings. The minimum atomic E-state index is -0.845. The average molecular weight is 293 g/mol. The highest BCUT2D eigenvalue weighted by atomic mass is 16.5. The van der Waals surface area contributed by atoms with Crippen LogP contribution in [0, 0.1) is 5.92 Å². The summed E-state index contributed by atoms with van der Waals surface area (Å²) >= 11 is 0. The minimum absolute atomic E-state index is 0.274. The van der Waals surface area contributed by atoms with Crippen LogP contribution in [-0.4, -0.2) is 32.8 Å². The molecule has 4 nitrogen and oxygen atoms in total. The van der Waals surface area contributed by atoms with Crippen molar-refractivity contribution in [3.63, 3.8) is 0 Å². The fraction of sp³-hybridized carbons (Fsp3) is 0.588. The van der Waals surface area contributed by atoms with Gasteiger partial charge in [-0.3, -0.25) is 5.32 Å². The summed E-state index contributed by atoms with van der Waals surface area (Å²) in [6, 6.07) is 9.69. The summed E-state index contributed by atoms with van der Waals surface area (Å²) in [6.45, 7) is 8.07. The molecule has 0 aliphatic heterocycles. The smallest absolute Gasteiger partial charge is 0.330 e. The number of carbonyl (C=O) groups excluding carboxylic acids is 1. The van der Waals surface area contributed by atoms with Gasteiger partial charge in [0.15, 0.2) is 0 Å². The van der Waals surface area contributed by atoms with Crippen LogP contribution in [0.3, 0.4) is 0 Å². The maximum Gasteiger partial charge on any atom is 0.330 e. The molecule has 0 spiro atoms. The van der Waals surface area contributed by atoms with E-state index in [4.69, 9.17) is 9.47 Å². The zero-order chi connectivity index (χ0) is 15.7. The Hall–Kier alpha value is -1.39. The molecule has 1 rings (SSSR count). The third kappa shape index (κ3) is 4.83. The molecule has 1 unspecified atom stereocenters. The molecule has 0 saturated carbocycles. The summed E-state index contributed by atoms with van der Waals surface area (Å²) in [5.74, 6) is 0.206. The van der Waals surface area contributed by atoms with Crippen LogP contribution >= 0.6 is 0 Å². The lowest BCUT2D eigenvalue weighted by Gasteiger charge is -2.32. The lowest BCUT2D eigenvalue weighted by molar-refractivity contribution is -0.150. The molecule has 0 heterocycles. The van der Waals surface area contributed by atoms with Gasteiger partial charge in [0.1, 0.15) is 5.54 Å². The number of ether oxygens (including phenoxy) is 2. The molecular formula is C17H27NO3. The largest absolute Gasteiger partial charge is 0.467 e. The van der Waals surface area contributed by atoms with Crippen molar-refractivity contribution in [2.75, 3.05) is 26.9 Å². The second kappa shape index (κ2) is 8.80. The highest BCUT2D eigenvalue weighted by Gasteiger charge is 2.40. The third-order valence-electron chi connectivity index (χ3n) is 3.35. The summed E-state index contributed by atoms with van der Waals surface area (Å²) in [5, 5.41) is 3.30. The summed E-state index contributed by atoms with van der Waals surface area (Å²) < 4.78 is 10.7. The standard InChI is InChI=1S/C17H27NO3/c1-5-18-17(16(19)20-4,11-12-21-13-14(2)3)15-9-7-6-8-10-15/h6-10,14,18H,5,11-13H2,1-4H3. The van der Waals surface area contributed by atoms with Crippen molar-refractivity contribution < 1.29 is 14.3 Å². The topological polar surface area (TPSA) is 47.6 Å². The van der Waals surface area contributed by atoms with E-state index in [0.717, 1.165) is 5.56 Å². The molecule has 0 fully saturated rings. The van der Waals surface area contributed by atoms with E-state index in [9.17, 15) is 4.79 Å². The lowest BCUT2D eigenvalue weighted by Crippen LogP contribution is -2.50. The predicted molar refractivity (Wildman–Crippen MR) is 84.1 cm³/mol. The number of methoxy groups -OCH3 is 1. The number of hydrogen-bond acceptors (Lipinski definition) is 4. The Balaban J connectivity index is 2.94. The lowest BCUT2D eigenvalue weighted by atomic mass is 9.86. The number of esters is 1. The fourth-order valence-electron chi connectivity index (χ4n) is 2.37. The molecular weight excluding hydrogens is 266 g/mol. The van der Waals surface area contributed by atoms with Gasteiger partial charge in [-0.05, 0) is 18.0 Å². The normalized spacial score (nSPS) is 14.0. The van der Waals surface area contributed by atoms with Crippen molar-refractivity contribution in [3.8, 4) is 0 Å². The zero-order valence-corrected chi connectivity index (χ0v) is 13.5. The monoisotopic (exact) mass is 293 g/mol. The number of carbonyl (C=O) groups is 1. The van der Waals surface area contributed by atoms with Gasteiger partial charge in [0.05, 0.1) is 7.11 Å². The molecule has 0 aliphatic carbocycles. The van der Waals surface area contributed by atoms with Crippen LogP contribution in [-0.2, 0) is 19.8 Å². The van der Waals surface area contributed by atoms with Crippen LogP contribution in [0.1, 0.15) is 32.8 Å². The molecule has 1 atom stereocenters. The van der Waals surface area contributed by atoms with Gasteiger partial charge < -0.3 is 9.47 Å². The molecule has 21 heavy (non-hydrogen) atoms. The molecule has 0 amide bonds. The number of likely N-dealkylation sites (N-methyl/N-ethyl adjacent to an activating group) is 1. The molecule has 0 bridgehead atoms. The van der Waals surface area contributed by atoms with Crippen LogP contribution in [0.25, 0.3) is 0 Å². The maximum atomic E-state index is 12.4. The number of hydrogen-bond donors (Lipinski definition) is 1. The van der Waals surface area contributed by atoms with Gasteiger partial charge in [-0.1, -0.05) is 51.1 Å². The first-order valence-electron chi connectivity index (χ1n) is 7.53. The Kier molecular flexibility index (Phi) is 7.40. The SMILES string of the molecule is CCNC(CCOCC(C)C)(C(=O)OC)c1ccccc1. The van der Waals surface area contributed by atoms with Crippen molar-refractivity contribution in [1.82, 2.24) is 5.32 Å². The van der Waals surface area contributed by atoms with Crippen LogP contribution in [0.4, 0.5) is 0 Å². The number of rotatable bonds is 9. The summed E-state index contributed by atoms with van der Waals surface area (Å²) in [6.07, 6.45) is 0.546. The average Bonchev–Trinajstić information content (AvgIpc) is 2.50. The highest BCUT2D eigenvalue weighted by Crippen LogP contribution is 2.27. The van der Waals surface area contributed by atoms with Crippen LogP contribution in [0.2, 0.25) is 0 Å². The number of nitrogens with one attached hydrogen (secondary N) is 1. The van der Waals surface area contributed by atoms with Gasteiger partial charge in [0.2, 0.25) is 0 Å². The van der Waals surface area contributed by atoms with Gasteiger partial charge in [0.25, 0.3) is 0 Å². The van der Waals surface area contributed by atoms with Gasteiger partial charge in [-0.2, -0.15) is 0 Å². The van der Waals surface area contributed by atoms with E-state index in [1.807, 2.05) is 37.3 Å². The molecule has 1 aromatic carbocycles. The molecule has 118 valence electrons. The van der Waals surface area contributed by atoms with E-state index in [-0.39, 0.29) is 5.97 Å². The first kappa shape index (κ1) is 17.7. The summed E-state index contributed by atoms with van der Waals surface area (Å²) in [4.78, 5) is 12.4. The Morgan fingerprint density at radius 2 is 1.95 bits per heavy atom. The first-order chi connectivity index (χ1) is 10.1. The van der Waals surface area contributed by atoms with E-state index in [0.29, 0.717) is 32.1 Å². The molecule has 0 aromatic heterocycles. The molecule has 4 heteroatoms.